The smallest absolute Gasteiger partial charge is 0.209 e. The second kappa shape index (κ2) is 6.48. The van der Waals surface area contributed by atoms with Gasteiger partial charge in [-0.2, -0.15) is 0 Å². The van der Waals surface area contributed by atoms with Crippen LogP contribution in [0.15, 0.2) is 12.3 Å². The van der Waals surface area contributed by atoms with E-state index in [-0.39, 0.29) is 0 Å². The molecule has 0 N–H and O–H groups in total. The summed E-state index contributed by atoms with van der Waals surface area (Å²) in [5, 5.41) is 0.606. The largest absolute Gasteiger partial charge is 0.345 e. The first-order chi connectivity index (χ1) is 7.65. The van der Waals surface area contributed by atoms with Gasteiger partial charge >= 0.3 is 0 Å². The molecule has 0 atom stereocenters. The molecule has 2 heterocycles. The predicted octanol–water partition coefficient (Wildman–Crippen LogP) is 2.59. The van der Waals surface area contributed by atoms with Crippen molar-refractivity contribution in [2.75, 3.05) is 13.1 Å². The van der Waals surface area contributed by atoms with Gasteiger partial charge in [-0.3, -0.25) is 4.79 Å². The van der Waals surface area contributed by atoms with Crippen molar-refractivity contribution in [1.82, 2.24) is 9.88 Å². The second-order valence-electron chi connectivity index (χ2n) is 3.89. The number of rotatable bonds is 1. The maximum Gasteiger partial charge on any atom is 0.209 e. The molecule has 2 rings (SSSR count). The highest BCUT2D eigenvalue weighted by atomic mass is 35.5. The van der Waals surface area contributed by atoms with Gasteiger partial charge in [-0.1, -0.05) is 11.6 Å². The van der Waals surface area contributed by atoms with Gasteiger partial charge in [0.05, 0.1) is 0 Å². The molecule has 0 unspecified atom stereocenters. The van der Waals surface area contributed by atoms with Gasteiger partial charge in [0, 0.05) is 19.3 Å². The van der Waals surface area contributed by atoms with E-state index in [2.05, 4.69) is 4.98 Å². The van der Waals surface area contributed by atoms with Crippen LogP contribution in [0.2, 0.25) is 5.15 Å². The third-order valence-electron chi connectivity index (χ3n) is 2.70. The molecule has 0 radical (unpaired) electrons. The van der Waals surface area contributed by atoms with Crippen LogP contribution in [0.4, 0.5) is 0 Å². The Morgan fingerprint density at radius 3 is 2.38 bits per heavy atom. The zero-order chi connectivity index (χ0) is 12.0. The Labute approximate surface area is 101 Å². The van der Waals surface area contributed by atoms with E-state index in [4.69, 9.17) is 11.6 Å². The molecule has 0 aliphatic carbocycles. The van der Waals surface area contributed by atoms with Crippen LogP contribution >= 0.6 is 11.6 Å². The summed E-state index contributed by atoms with van der Waals surface area (Å²) in [5.74, 6) is 0. The maximum atomic E-state index is 9.93. The zero-order valence-corrected chi connectivity index (χ0v) is 10.5. The van der Waals surface area contributed by atoms with Crippen molar-refractivity contribution in [2.24, 2.45) is 0 Å². The van der Waals surface area contributed by atoms with Crippen LogP contribution in [0.1, 0.15) is 24.0 Å². The van der Waals surface area contributed by atoms with E-state index in [0.717, 1.165) is 25.1 Å². The molecule has 16 heavy (non-hydrogen) atoms. The van der Waals surface area contributed by atoms with Crippen molar-refractivity contribution in [1.29, 1.82) is 0 Å². The van der Waals surface area contributed by atoms with E-state index in [0.29, 0.717) is 5.15 Å². The van der Waals surface area contributed by atoms with Crippen molar-refractivity contribution in [3.05, 3.63) is 28.5 Å². The third-order valence-corrected chi connectivity index (χ3v) is 3.08. The minimum absolute atomic E-state index is 0.606. The number of carbonyl (C=O) groups is 1. The number of carbonyl (C=O) groups excluding carboxylic acids is 1. The van der Waals surface area contributed by atoms with Gasteiger partial charge in [0.15, 0.2) is 0 Å². The lowest BCUT2D eigenvalue weighted by molar-refractivity contribution is -0.117. The highest BCUT2D eigenvalue weighted by Gasteiger charge is 2.06. The van der Waals surface area contributed by atoms with Gasteiger partial charge < -0.3 is 4.90 Å². The first-order valence-electron chi connectivity index (χ1n) is 5.42. The monoisotopic (exact) mass is 240 g/mol. The highest BCUT2D eigenvalue weighted by molar-refractivity contribution is 6.30. The number of nitrogens with zero attached hydrogens (tertiary/aromatic N) is 2. The van der Waals surface area contributed by atoms with Crippen LogP contribution in [-0.4, -0.2) is 29.4 Å². The number of amides is 1. The SMILES string of the molecule is Cc1ccnc(Cl)c1C.O=CN1CCCC1. The highest BCUT2D eigenvalue weighted by Crippen LogP contribution is 2.13. The Bertz CT molecular complexity index is 329. The number of pyridine rings is 1. The first-order valence-corrected chi connectivity index (χ1v) is 5.80. The minimum atomic E-state index is 0.606. The van der Waals surface area contributed by atoms with E-state index in [1.807, 2.05) is 19.9 Å². The molecule has 0 spiro atoms. The molecule has 1 aromatic heterocycles. The zero-order valence-electron chi connectivity index (χ0n) is 9.74. The number of likely N-dealkylation sites (tertiary alicyclic amines) is 1. The molecule has 1 saturated heterocycles. The van der Waals surface area contributed by atoms with Crippen LogP contribution in [0.25, 0.3) is 0 Å². The lowest BCUT2D eigenvalue weighted by Gasteiger charge is -2.03. The fraction of sp³-hybridized carbons (Fsp3) is 0.500. The molecule has 0 saturated carbocycles. The summed E-state index contributed by atoms with van der Waals surface area (Å²) in [6.45, 7) is 5.93. The number of aryl methyl sites for hydroxylation is 1. The van der Waals surface area contributed by atoms with Gasteiger partial charge in [0.2, 0.25) is 6.41 Å². The Hall–Kier alpha value is -1.09. The lowest BCUT2D eigenvalue weighted by Crippen LogP contribution is -2.15. The second-order valence-corrected chi connectivity index (χ2v) is 4.25. The molecule has 3 nitrogen and oxygen atoms in total. The van der Waals surface area contributed by atoms with Crippen LogP contribution in [0.3, 0.4) is 0 Å². The van der Waals surface area contributed by atoms with Crippen molar-refractivity contribution >= 4 is 18.0 Å². The molecular formula is C12H17ClN2O. The molecule has 0 aromatic carbocycles. The summed E-state index contributed by atoms with van der Waals surface area (Å²) < 4.78 is 0. The fourth-order valence-corrected chi connectivity index (χ4v) is 1.65. The molecule has 0 bridgehead atoms. The molecule has 1 fully saturated rings. The van der Waals surface area contributed by atoms with Crippen LogP contribution in [-0.2, 0) is 4.79 Å². The lowest BCUT2D eigenvalue weighted by atomic mass is 10.2. The Balaban J connectivity index is 0.000000165. The van der Waals surface area contributed by atoms with Gasteiger partial charge in [-0.05, 0) is 43.9 Å². The Morgan fingerprint density at radius 2 is 2.00 bits per heavy atom. The number of hydrogen-bond acceptors (Lipinski definition) is 2. The summed E-state index contributed by atoms with van der Waals surface area (Å²) in [5.41, 5.74) is 2.26. The molecule has 1 aliphatic heterocycles. The van der Waals surface area contributed by atoms with Gasteiger partial charge in [0.25, 0.3) is 0 Å². The molecule has 1 amide bonds. The van der Waals surface area contributed by atoms with E-state index < -0.39 is 0 Å². The van der Waals surface area contributed by atoms with E-state index in [1.165, 1.54) is 18.4 Å². The van der Waals surface area contributed by atoms with E-state index in [1.54, 1.807) is 11.1 Å². The number of halogens is 1. The van der Waals surface area contributed by atoms with Crippen molar-refractivity contribution in [3.63, 3.8) is 0 Å². The summed E-state index contributed by atoms with van der Waals surface area (Å²) in [6, 6.07) is 1.95. The summed E-state index contributed by atoms with van der Waals surface area (Å²) in [6.07, 6.45) is 5.02. The van der Waals surface area contributed by atoms with Crippen LogP contribution in [0.5, 0.6) is 0 Å². The van der Waals surface area contributed by atoms with Gasteiger partial charge in [0.1, 0.15) is 5.15 Å². The van der Waals surface area contributed by atoms with Crippen molar-refractivity contribution < 1.29 is 4.79 Å². The topological polar surface area (TPSA) is 33.2 Å². The maximum absolute atomic E-state index is 9.93. The van der Waals surface area contributed by atoms with Crippen LogP contribution in [0, 0.1) is 13.8 Å². The molecule has 1 aliphatic rings. The molecule has 4 heteroatoms. The number of hydrogen-bond donors (Lipinski definition) is 0. The Morgan fingerprint density at radius 1 is 1.38 bits per heavy atom. The number of aromatic nitrogens is 1. The minimum Gasteiger partial charge on any atom is -0.345 e. The summed E-state index contributed by atoms with van der Waals surface area (Å²) >= 11 is 5.70. The van der Waals surface area contributed by atoms with Gasteiger partial charge in [-0.25, -0.2) is 4.98 Å². The molecular weight excluding hydrogens is 224 g/mol. The third kappa shape index (κ3) is 3.81. The van der Waals surface area contributed by atoms with Crippen LogP contribution < -0.4 is 0 Å². The first kappa shape index (κ1) is 13.0. The normalized spacial score (nSPS) is 14.3. The average molecular weight is 241 g/mol. The van der Waals surface area contributed by atoms with Crippen molar-refractivity contribution in [2.45, 2.75) is 26.7 Å². The fourth-order valence-electron chi connectivity index (χ4n) is 1.45. The van der Waals surface area contributed by atoms with E-state index >= 15 is 0 Å². The predicted molar refractivity (Wildman–Crippen MR) is 65.6 cm³/mol. The Kier molecular flexibility index (Phi) is 5.26. The van der Waals surface area contributed by atoms with E-state index in [9.17, 15) is 4.79 Å². The average Bonchev–Trinajstić information content (AvgIpc) is 2.79. The standard InChI is InChI=1S/C7H8ClN.C5H9NO/c1-5-3-4-9-7(8)6(5)2;7-5-6-3-1-2-4-6/h3-4H,1-2H3;5H,1-4H2. The van der Waals surface area contributed by atoms with Gasteiger partial charge in [-0.15, -0.1) is 0 Å². The van der Waals surface area contributed by atoms with Crippen molar-refractivity contribution in [3.8, 4) is 0 Å². The molecule has 1 aromatic rings. The summed E-state index contributed by atoms with van der Waals surface area (Å²) in [7, 11) is 0. The summed E-state index contributed by atoms with van der Waals surface area (Å²) in [4.78, 5) is 15.6. The molecule has 88 valence electrons. The quantitative estimate of drug-likeness (QED) is 0.559.